The van der Waals surface area contributed by atoms with Gasteiger partial charge in [0, 0.05) is 12.2 Å². The molecule has 162 valence electrons. The van der Waals surface area contributed by atoms with Gasteiger partial charge in [0.25, 0.3) is 5.91 Å². The highest BCUT2D eigenvalue weighted by molar-refractivity contribution is 6.08. The van der Waals surface area contributed by atoms with Crippen molar-refractivity contribution in [2.24, 2.45) is 0 Å². The van der Waals surface area contributed by atoms with Crippen molar-refractivity contribution in [2.75, 3.05) is 17.4 Å². The summed E-state index contributed by atoms with van der Waals surface area (Å²) < 4.78 is 56.4. The Bertz CT molecular complexity index is 1100. The van der Waals surface area contributed by atoms with Crippen LogP contribution in [-0.4, -0.2) is 24.2 Å². The highest BCUT2D eigenvalue weighted by Crippen LogP contribution is 2.33. The number of carbonyl (C=O) groups excluding carboxylic acids is 1. The normalized spacial score (nSPS) is 12.5. The van der Waals surface area contributed by atoms with E-state index in [1.54, 1.807) is 13.0 Å². The summed E-state index contributed by atoms with van der Waals surface area (Å²) in [5.41, 5.74) is 1.67. The third-order valence-corrected chi connectivity index (χ3v) is 4.33. The van der Waals surface area contributed by atoms with Gasteiger partial charge in [-0.3, -0.25) is 4.79 Å². The lowest BCUT2D eigenvalue weighted by atomic mass is 10.2. The number of aromatic nitrogens is 1. The number of nitrogens with one attached hydrogen (secondary N) is 2. The van der Waals surface area contributed by atoms with Crippen molar-refractivity contribution < 1.29 is 36.7 Å². The van der Waals surface area contributed by atoms with Crippen LogP contribution in [0.2, 0.25) is 0 Å². The average molecular weight is 435 g/mol. The van der Waals surface area contributed by atoms with E-state index in [1.165, 1.54) is 12.1 Å². The number of aryl methyl sites for hydroxylation is 1. The molecule has 0 radical (unpaired) electrons. The van der Waals surface area contributed by atoms with Crippen molar-refractivity contribution in [3.63, 3.8) is 0 Å². The summed E-state index contributed by atoms with van der Waals surface area (Å²) >= 11 is 0. The van der Waals surface area contributed by atoms with E-state index >= 15 is 0 Å². The van der Waals surface area contributed by atoms with E-state index in [1.807, 2.05) is 12.1 Å². The number of hydrogen-bond acceptors (Lipinski definition) is 7. The van der Waals surface area contributed by atoms with Crippen LogP contribution in [0.3, 0.4) is 0 Å². The molecule has 0 saturated heterocycles. The molecule has 11 heteroatoms. The molecule has 2 N–H and O–H groups in total. The second kappa shape index (κ2) is 8.09. The number of halogens is 3. The van der Waals surface area contributed by atoms with Gasteiger partial charge in [0.1, 0.15) is 11.3 Å². The Hall–Kier alpha value is -3.89. The van der Waals surface area contributed by atoms with Crippen molar-refractivity contribution in [1.82, 2.24) is 5.16 Å². The number of fused-ring (bicyclic) bond motifs is 1. The van der Waals surface area contributed by atoms with Crippen molar-refractivity contribution in [1.29, 1.82) is 0 Å². The Morgan fingerprint density at radius 2 is 1.87 bits per heavy atom. The number of ether oxygens (including phenoxy) is 3. The fourth-order valence-corrected chi connectivity index (χ4v) is 2.92. The molecule has 0 saturated carbocycles. The number of carbonyl (C=O) groups is 1. The molecule has 2 heterocycles. The van der Waals surface area contributed by atoms with Crippen LogP contribution in [0.4, 0.5) is 24.7 Å². The van der Waals surface area contributed by atoms with E-state index in [-0.39, 0.29) is 23.9 Å². The lowest BCUT2D eigenvalue weighted by Gasteiger charge is -2.10. The molecule has 0 aliphatic carbocycles. The lowest BCUT2D eigenvalue weighted by Crippen LogP contribution is -2.17. The second-order valence-corrected chi connectivity index (χ2v) is 6.54. The molecule has 0 fully saturated rings. The molecule has 8 nitrogen and oxygen atoms in total. The molecule has 1 aliphatic rings. The minimum absolute atomic E-state index is 0.157. The van der Waals surface area contributed by atoms with E-state index < -0.39 is 18.0 Å². The Morgan fingerprint density at radius 3 is 2.61 bits per heavy atom. The number of nitrogens with zero attached hydrogens (tertiary/aromatic N) is 1. The summed E-state index contributed by atoms with van der Waals surface area (Å²) in [6.07, 6.45) is -4.79. The molecule has 0 bridgehead atoms. The van der Waals surface area contributed by atoms with Crippen molar-refractivity contribution in [3.05, 3.63) is 59.3 Å². The number of anilines is 2. The number of alkyl halides is 3. The van der Waals surface area contributed by atoms with Crippen LogP contribution in [0, 0.1) is 6.92 Å². The topological polar surface area (TPSA) is 94.9 Å². The number of rotatable bonds is 6. The fourth-order valence-electron chi connectivity index (χ4n) is 2.92. The second-order valence-electron chi connectivity index (χ2n) is 6.54. The van der Waals surface area contributed by atoms with E-state index in [0.717, 1.165) is 17.7 Å². The first-order chi connectivity index (χ1) is 14.8. The maximum atomic E-state index is 12.7. The van der Waals surface area contributed by atoms with Crippen molar-refractivity contribution in [2.45, 2.75) is 19.8 Å². The minimum Gasteiger partial charge on any atom is -0.454 e. The molecular weight excluding hydrogens is 419 g/mol. The van der Waals surface area contributed by atoms with Gasteiger partial charge in [-0.25, -0.2) is 0 Å². The Kier molecular flexibility index (Phi) is 5.32. The van der Waals surface area contributed by atoms with Crippen molar-refractivity contribution >= 4 is 17.5 Å². The molecule has 2 aromatic carbocycles. The maximum absolute atomic E-state index is 12.7. The van der Waals surface area contributed by atoms with Crippen LogP contribution in [0.25, 0.3) is 0 Å². The summed E-state index contributed by atoms with van der Waals surface area (Å²) in [6, 6.07) is 10.2. The molecular formula is C20H16F3N3O5. The zero-order valence-corrected chi connectivity index (χ0v) is 16.1. The smallest absolute Gasteiger partial charge is 0.454 e. The lowest BCUT2D eigenvalue weighted by molar-refractivity contribution is -0.274. The van der Waals surface area contributed by atoms with Gasteiger partial charge < -0.3 is 29.4 Å². The average Bonchev–Trinajstić information content (AvgIpc) is 3.32. The SMILES string of the molecule is Cc1noc(NCc2ccc3c(c2)OCO3)c1C(=O)Nc1ccc(OC(F)(F)F)cc1. The molecule has 1 aromatic heterocycles. The summed E-state index contributed by atoms with van der Waals surface area (Å²) in [5.74, 6) is 0.522. The van der Waals surface area contributed by atoms with Gasteiger partial charge in [0.2, 0.25) is 12.7 Å². The molecule has 31 heavy (non-hydrogen) atoms. The van der Waals surface area contributed by atoms with Crippen LogP contribution in [0.1, 0.15) is 21.6 Å². The Balaban J connectivity index is 1.42. The van der Waals surface area contributed by atoms with Gasteiger partial charge in [-0.2, -0.15) is 0 Å². The molecule has 4 rings (SSSR count). The van der Waals surface area contributed by atoms with Crippen LogP contribution < -0.4 is 24.8 Å². The van der Waals surface area contributed by atoms with Crippen molar-refractivity contribution in [3.8, 4) is 17.2 Å². The van der Waals surface area contributed by atoms with Gasteiger partial charge in [-0.05, 0) is 48.9 Å². The zero-order chi connectivity index (χ0) is 22.0. The number of hydrogen-bond donors (Lipinski definition) is 2. The number of benzene rings is 2. The van der Waals surface area contributed by atoms with Gasteiger partial charge in [0.05, 0.1) is 5.69 Å². The third kappa shape index (κ3) is 4.82. The van der Waals surface area contributed by atoms with Gasteiger partial charge in [-0.1, -0.05) is 11.2 Å². The molecule has 0 atom stereocenters. The van der Waals surface area contributed by atoms with Crippen LogP contribution in [0.5, 0.6) is 17.2 Å². The summed E-state index contributed by atoms with van der Waals surface area (Å²) in [4.78, 5) is 12.7. The predicted octanol–water partition coefficient (Wildman–Crippen LogP) is 4.47. The van der Waals surface area contributed by atoms with Gasteiger partial charge in [-0.15, -0.1) is 13.2 Å². The first-order valence-corrected chi connectivity index (χ1v) is 9.04. The van der Waals surface area contributed by atoms with E-state index in [2.05, 4.69) is 20.5 Å². The third-order valence-electron chi connectivity index (χ3n) is 4.33. The largest absolute Gasteiger partial charge is 0.573 e. The molecule has 3 aromatic rings. The summed E-state index contributed by atoms with van der Waals surface area (Å²) in [5, 5.41) is 9.42. The van der Waals surface area contributed by atoms with Gasteiger partial charge >= 0.3 is 6.36 Å². The molecule has 0 unspecified atom stereocenters. The van der Waals surface area contributed by atoms with E-state index in [9.17, 15) is 18.0 Å². The Morgan fingerprint density at radius 1 is 1.13 bits per heavy atom. The highest BCUT2D eigenvalue weighted by Gasteiger charge is 2.31. The summed E-state index contributed by atoms with van der Waals surface area (Å²) in [6.45, 7) is 2.10. The van der Waals surface area contributed by atoms with Crippen LogP contribution >= 0.6 is 0 Å². The monoisotopic (exact) mass is 435 g/mol. The molecule has 0 spiro atoms. The predicted molar refractivity (Wildman–Crippen MR) is 102 cm³/mol. The van der Waals surface area contributed by atoms with E-state index in [4.69, 9.17) is 14.0 Å². The molecule has 1 amide bonds. The standard InChI is InChI=1S/C20H16F3N3O5/c1-11-17(18(27)25-13-3-5-14(6-4-13)30-20(21,22)23)19(31-26-11)24-9-12-2-7-15-16(8-12)29-10-28-15/h2-8,24H,9-10H2,1H3,(H,25,27). The quantitative estimate of drug-likeness (QED) is 0.590. The van der Waals surface area contributed by atoms with Crippen LogP contribution in [-0.2, 0) is 6.54 Å². The maximum Gasteiger partial charge on any atom is 0.573 e. The van der Waals surface area contributed by atoms with Crippen LogP contribution in [0.15, 0.2) is 47.0 Å². The highest BCUT2D eigenvalue weighted by atomic mass is 19.4. The fraction of sp³-hybridized carbons (Fsp3) is 0.200. The minimum atomic E-state index is -4.79. The first-order valence-electron chi connectivity index (χ1n) is 9.04. The van der Waals surface area contributed by atoms with E-state index in [0.29, 0.717) is 23.7 Å². The zero-order valence-electron chi connectivity index (χ0n) is 16.1. The molecule has 1 aliphatic heterocycles. The Labute approximate surface area is 173 Å². The first kappa shape index (κ1) is 20.4. The van der Waals surface area contributed by atoms with Gasteiger partial charge in [0.15, 0.2) is 11.5 Å². The number of amides is 1. The summed E-state index contributed by atoms with van der Waals surface area (Å²) in [7, 11) is 0.